The van der Waals surface area contributed by atoms with Gasteiger partial charge in [-0.2, -0.15) is 0 Å². The predicted octanol–water partition coefficient (Wildman–Crippen LogP) is -1.34. The van der Waals surface area contributed by atoms with Crippen LogP contribution in [0, 0.1) is 41.7 Å². The summed E-state index contributed by atoms with van der Waals surface area (Å²) in [5.41, 5.74) is 0. The molecule has 0 aliphatic rings. The minimum absolute atomic E-state index is 0. The van der Waals surface area contributed by atoms with Crippen molar-refractivity contribution in [2.45, 2.75) is 0 Å². The molecule has 0 unspecified atom stereocenters. The van der Waals surface area contributed by atoms with Crippen molar-refractivity contribution in [1.29, 1.82) is 0 Å². The van der Waals surface area contributed by atoms with E-state index in [0.717, 1.165) is 0 Å². The fraction of sp³-hybridized carbons (Fsp3) is 0. The summed E-state index contributed by atoms with van der Waals surface area (Å²) in [5.74, 6) is 0. The molecule has 0 aliphatic heterocycles. The molecule has 0 atom stereocenters. The first-order chi connectivity index (χ1) is 2.00. The maximum Gasteiger partial charge on any atom is 3.00 e. The first-order valence-electron chi connectivity index (χ1n) is 0.667. The van der Waals surface area contributed by atoms with Crippen molar-refractivity contribution < 1.29 is 78.7 Å². The van der Waals surface area contributed by atoms with Crippen LogP contribution in [-0.2, 0) is 29.9 Å². The third kappa shape index (κ3) is 77.5. The van der Waals surface area contributed by atoms with Crippen LogP contribution in [0.25, 0.3) is 0 Å². The Morgan fingerprint density at radius 3 is 1.14 bits per heavy atom. The van der Waals surface area contributed by atoms with E-state index < -0.39 is 10.4 Å². The summed E-state index contributed by atoms with van der Waals surface area (Å²) < 4.78 is 34.1. The normalized spacial score (nSPS) is 8.29. The summed E-state index contributed by atoms with van der Waals surface area (Å²) in [6, 6.07) is 0. The standard InChI is InChI=1S/Ce.H2O4S.Zn/c;1-5(2,3)4;/h;(H2,1,2,3,4);/q+3;;+2/p-2. The van der Waals surface area contributed by atoms with Gasteiger partial charge in [-0.25, -0.2) is 0 Å². The molecule has 0 saturated carbocycles. The van der Waals surface area contributed by atoms with Crippen LogP contribution in [0.5, 0.6) is 0 Å². The van der Waals surface area contributed by atoms with Gasteiger partial charge in [-0.1, -0.05) is 0 Å². The van der Waals surface area contributed by atoms with Crippen LogP contribution in [0.3, 0.4) is 0 Å². The maximum absolute atomic E-state index is 8.52. The molecule has 7 heteroatoms. The van der Waals surface area contributed by atoms with Gasteiger partial charge >= 0.3 is 61.2 Å². The van der Waals surface area contributed by atoms with Crippen molar-refractivity contribution in [1.82, 2.24) is 0 Å². The molecule has 0 rings (SSSR count). The zero-order chi connectivity index (χ0) is 4.50. The summed E-state index contributed by atoms with van der Waals surface area (Å²) in [7, 11) is -5.17. The molecule has 0 saturated heterocycles. The minimum atomic E-state index is -5.17. The zero-order valence-corrected chi connectivity index (χ0v) is 10.2. The fourth-order valence-corrected chi connectivity index (χ4v) is 0. The fourth-order valence-electron chi connectivity index (χ4n) is 0. The Morgan fingerprint density at radius 1 is 1.14 bits per heavy atom. The third-order valence-corrected chi connectivity index (χ3v) is 0. The molecule has 0 fully saturated rings. The van der Waals surface area contributed by atoms with Gasteiger partial charge in [-0.05, 0) is 0 Å². The largest absolute Gasteiger partial charge is 3.00 e. The molecule has 0 spiro atoms. The molecule has 4 nitrogen and oxygen atoms in total. The van der Waals surface area contributed by atoms with Gasteiger partial charge in [0.05, 0.1) is 0 Å². The molecule has 0 aromatic carbocycles. The summed E-state index contributed by atoms with van der Waals surface area (Å²) >= 11 is 0. The number of rotatable bonds is 0. The Morgan fingerprint density at radius 2 is 1.14 bits per heavy atom. The van der Waals surface area contributed by atoms with E-state index in [9.17, 15) is 0 Å². The van der Waals surface area contributed by atoms with Gasteiger partial charge in [0.1, 0.15) is 0 Å². The van der Waals surface area contributed by atoms with Crippen molar-refractivity contribution in [2.75, 3.05) is 0 Å². The molecular weight excluding hydrogens is 302 g/mol. The first-order valence-corrected chi connectivity index (χ1v) is 2.00. The molecular formula is CeO4SZn+3. The van der Waals surface area contributed by atoms with Gasteiger partial charge < -0.3 is 9.11 Å². The monoisotopic (exact) mass is 300 g/mol. The van der Waals surface area contributed by atoms with Crippen molar-refractivity contribution >= 4 is 10.4 Å². The molecule has 0 N–H and O–H groups in total. The molecule has 0 aliphatic carbocycles. The Kier molecular flexibility index (Phi) is 13.7. The average molecular weight is 302 g/mol. The van der Waals surface area contributed by atoms with E-state index in [4.69, 9.17) is 17.5 Å². The molecule has 0 heterocycles. The first kappa shape index (κ1) is 15.9. The molecule has 0 bridgehead atoms. The van der Waals surface area contributed by atoms with Gasteiger partial charge in [0.25, 0.3) is 0 Å². The average Bonchev–Trinajstić information content (AvgIpc) is 0.722. The van der Waals surface area contributed by atoms with Gasteiger partial charge in [-0.3, -0.25) is 8.42 Å². The van der Waals surface area contributed by atoms with Gasteiger partial charge in [0, 0.05) is 10.4 Å². The van der Waals surface area contributed by atoms with Crippen molar-refractivity contribution in [2.24, 2.45) is 0 Å². The van der Waals surface area contributed by atoms with Crippen LogP contribution >= 0.6 is 0 Å². The second-order valence-electron chi connectivity index (χ2n) is 0.408. The molecule has 0 aromatic heterocycles. The van der Waals surface area contributed by atoms with Crippen LogP contribution < -0.4 is 0 Å². The number of hydrogen-bond donors (Lipinski definition) is 0. The number of hydrogen-bond acceptors (Lipinski definition) is 4. The Bertz CT molecular complexity index is 94.9. The summed E-state index contributed by atoms with van der Waals surface area (Å²) in [6.07, 6.45) is 0. The van der Waals surface area contributed by atoms with E-state index in [1.807, 2.05) is 0 Å². The molecule has 0 amide bonds. The van der Waals surface area contributed by atoms with Crippen LogP contribution in [0.15, 0.2) is 0 Å². The summed E-state index contributed by atoms with van der Waals surface area (Å²) in [6.45, 7) is 0. The minimum Gasteiger partial charge on any atom is -0.759 e. The molecule has 1 radical (unpaired) electrons. The summed E-state index contributed by atoms with van der Waals surface area (Å²) in [4.78, 5) is 0. The van der Waals surface area contributed by atoms with Gasteiger partial charge in [0.15, 0.2) is 0 Å². The Balaban J connectivity index is -0.0000000800. The quantitative estimate of drug-likeness (QED) is 0.315. The van der Waals surface area contributed by atoms with Crippen molar-refractivity contribution in [3.05, 3.63) is 0 Å². The second-order valence-corrected chi connectivity index (χ2v) is 1.22. The maximum atomic E-state index is 8.52. The van der Waals surface area contributed by atoms with Crippen molar-refractivity contribution in [3.8, 4) is 0 Å². The molecule has 0 aromatic rings. The van der Waals surface area contributed by atoms with E-state index in [1.165, 1.54) is 0 Å². The van der Waals surface area contributed by atoms with Crippen LogP contribution in [0.2, 0.25) is 0 Å². The molecule has 33 valence electrons. The van der Waals surface area contributed by atoms with Gasteiger partial charge in [0.2, 0.25) is 0 Å². The van der Waals surface area contributed by atoms with Crippen LogP contribution in [0.4, 0.5) is 0 Å². The van der Waals surface area contributed by atoms with E-state index in [0.29, 0.717) is 0 Å². The van der Waals surface area contributed by atoms with E-state index in [2.05, 4.69) is 0 Å². The topological polar surface area (TPSA) is 80.3 Å². The predicted molar refractivity (Wildman–Crippen MR) is 10.5 cm³/mol. The second kappa shape index (κ2) is 6.00. The van der Waals surface area contributed by atoms with E-state index in [1.54, 1.807) is 0 Å². The van der Waals surface area contributed by atoms with Crippen molar-refractivity contribution in [3.63, 3.8) is 0 Å². The Labute approximate surface area is 87.8 Å². The van der Waals surface area contributed by atoms with E-state index >= 15 is 0 Å². The van der Waals surface area contributed by atoms with E-state index in [-0.39, 0.29) is 61.2 Å². The smallest absolute Gasteiger partial charge is 0.759 e. The SMILES string of the molecule is O=S(=O)([O-])[O-].[Ce+3].[Zn+2]. The third-order valence-electron chi connectivity index (χ3n) is 0. The van der Waals surface area contributed by atoms with Crippen LogP contribution in [0.1, 0.15) is 0 Å². The Hall–Kier alpha value is 1.87. The van der Waals surface area contributed by atoms with Gasteiger partial charge in [-0.15, -0.1) is 0 Å². The van der Waals surface area contributed by atoms with Crippen LogP contribution in [-0.4, -0.2) is 17.5 Å². The zero-order valence-electron chi connectivity index (χ0n) is 3.25. The molecule has 7 heavy (non-hydrogen) atoms. The summed E-state index contributed by atoms with van der Waals surface area (Å²) in [5, 5.41) is 0.